The summed E-state index contributed by atoms with van der Waals surface area (Å²) >= 11 is 0. The molecule has 0 radical (unpaired) electrons. The van der Waals surface area contributed by atoms with Gasteiger partial charge in [0.1, 0.15) is 11.4 Å². The number of methoxy groups -OCH3 is 1. The largest absolute Gasteiger partial charge is 0.466 e. The Balaban J connectivity index is 1.75. The minimum Gasteiger partial charge on any atom is -0.466 e. The first-order valence-electron chi connectivity index (χ1n) is 12.9. The van der Waals surface area contributed by atoms with Crippen LogP contribution in [0.5, 0.6) is 0 Å². The topological polar surface area (TPSA) is 104 Å². The van der Waals surface area contributed by atoms with Gasteiger partial charge in [0.15, 0.2) is 0 Å². The Bertz CT molecular complexity index is 821. The maximum atomic E-state index is 13.3. The molecule has 0 aromatic carbocycles. The van der Waals surface area contributed by atoms with Crippen molar-refractivity contribution in [2.24, 2.45) is 11.8 Å². The highest BCUT2D eigenvalue weighted by molar-refractivity contribution is 5.79. The molecule has 2 saturated heterocycles. The zero-order valence-corrected chi connectivity index (χ0v) is 23.3. The molecule has 2 heterocycles. The third-order valence-corrected chi connectivity index (χ3v) is 7.65. The second-order valence-electron chi connectivity index (χ2n) is 12.4. The van der Waals surface area contributed by atoms with Crippen molar-refractivity contribution in [1.82, 2.24) is 9.80 Å². The van der Waals surface area contributed by atoms with Crippen LogP contribution >= 0.6 is 0 Å². The van der Waals surface area contributed by atoms with Crippen LogP contribution in [0.1, 0.15) is 81.1 Å². The van der Waals surface area contributed by atoms with Crippen LogP contribution in [-0.4, -0.2) is 83.5 Å². The molecular weight excluding hydrogens is 468 g/mol. The van der Waals surface area contributed by atoms with E-state index in [4.69, 9.17) is 23.7 Å². The van der Waals surface area contributed by atoms with Crippen LogP contribution in [0, 0.1) is 11.8 Å². The lowest BCUT2D eigenvalue weighted by Crippen LogP contribution is -2.55. The van der Waals surface area contributed by atoms with E-state index in [-0.39, 0.29) is 18.4 Å². The van der Waals surface area contributed by atoms with E-state index in [9.17, 15) is 14.4 Å². The number of hydrogen-bond donors (Lipinski definition) is 0. The van der Waals surface area contributed by atoms with Gasteiger partial charge in [0.25, 0.3) is 0 Å². The summed E-state index contributed by atoms with van der Waals surface area (Å²) in [6.07, 6.45) is 1.02. The summed E-state index contributed by atoms with van der Waals surface area (Å²) in [6.45, 7) is 15.8. The fourth-order valence-corrected chi connectivity index (χ4v) is 6.03. The van der Waals surface area contributed by atoms with Crippen LogP contribution in [-0.2, 0) is 28.5 Å². The summed E-state index contributed by atoms with van der Waals surface area (Å²) in [7, 11) is 1.28. The SMILES string of the molecule is COC(=O)[C@H](OC(=O)N1C(C)(C)COC1(C)C)[C@@H]1CCCC[C@@H]1COC(=O)N1C(C)(C)COC1(C)C. The van der Waals surface area contributed by atoms with Crippen molar-refractivity contribution < 1.29 is 38.1 Å². The zero-order valence-electron chi connectivity index (χ0n) is 23.3. The zero-order chi connectivity index (χ0) is 27.1. The Morgan fingerprint density at radius 1 is 0.833 bits per heavy atom. The quantitative estimate of drug-likeness (QED) is 0.397. The van der Waals surface area contributed by atoms with Crippen molar-refractivity contribution in [2.75, 3.05) is 26.9 Å². The van der Waals surface area contributed by atoms with Gasteiger partial charge in [-0.1, -0.05) is 12.8 Å². The number of esters is 1. The summed E-state index contributed by atoms with van der Waals surface area (Å²) < 4.78 is 28.3. The molecule has 1 saturated carbocycles. The molecule has 3 aliphatic rings. The minimum atomic E-state index is -1.11. The van der Waals surface area contributed by atoms with Crippen molar-refractivity contribution >= 4 is 18.2 Å². The summed E-state index contributed by atoms with van der Waals surface area (Å²) in [5.41, 5.74) is -2.76. The average molecular weight is 513 g/mol. The van der Waals surface area contributed by atoms with Crippen LogP contribution in [0.3, 0.4) is 0 Å². The van der Waals surface area contributed by atoms with Gasteiger partial charge >= 0.3 is 18.2 Å². The molecule has 10 heteroatoms. The monoisotopic (exact) mass is 512 g/mol. The maximum absolute atomic E-state index is 13.3. The van der Waals surface area contributed by atoms with Gasteiger partial charge in [-0.2, -0.15) is 0 Å². The summed E-state index contributed by atoms with van der Waals surface area (Å²) in [5.74, 6) is -1.11. The lowest BCUT2D eigenvalue weighted by atomic mass is 9.76. The van der Waals surface area contributed by atoms with Crippen LogP contribution in [0.4, 0.5) is 9.59 Å². The van der Waals surface area contributed by atoms with Crippen molar-refractivity contribution in [2.45, 2.75) is 110 Å². The molecule has 0 aromatic heterocycles. The summed E-state index contributed by atoms with van der Waals surface area (Å²) in [6, 6.07) is 0. The van der Waals surface area contributed by atoms with E-state index >= 15 is 0 Å². The lowest BCUT2D eigenvalue weighted by Gasteiger charge is -2.40. The lowest BCUT2D eigenvalue weighted by molar-refractivity contribution is -0.159. The first kappa shape index (κ1) is 28.5. The molecule has 0 spiro atoms. The molecule has 3 rings (SSSR count). The third kappa shape index (κ3) is 5.59. The van der Waals surface area contributed by atoms with Gasteiger partial charge in [0.05, 0.1) is 38.0 Å². The molecular formula is C26H44N2O8. The average Bonchev–Trinajstić information content (AvgIpc) is 3.15. The van der Waals surface area contributed by atoms with Crippen LogP contribution < -0.4 is 0 Å². The Kier molecular flexibility index (Phi) is 7.92. The summed E-state index contributed by atoms with van der Waals surface area (Å²) in [4.78, 5) is 42.5. The molecule has 3 atom stereocenters. The molecule has 0 N–H and O–H groups in total. The van der Waals surface area contributed by atoms with Crippen molar-refractivity contribution in [3.05, 3.63) is 0 Å². The molecule has 1 aliphatic carbocycles. The highest BCUT2D eigenvalue weighted by Crippen LogP contribution is 2.39. The van der Waals surface area contributed by atoms with Crippen molar-refractivity contribution in [3.8, 4) is 0 Å². The molecule has 36 heavy (non-hydrogen) atoms. The summed E-state index contributed by atoms with van der Waals surface area (Å²) in [5, 5.41) is 0. The van der Waals surface area contributed by atoms with Crippen LogP contribution in [0.25, 0.3) is 0 Å². The first-order chi connectivity index (χ1) is 16.5. The van der Waals surface area contributed by atoms with Crippen LogP contribution in [0.2, 0.25) is 0 Å². The van der Waals surface area contributed by atoms with Gasteiger partial charge in [-0.05, 0) is 68.2 Å². The molecule has 206 valence electrons. The highest BCUT2D eigenvalue weighted by Gasteiger charge is 2.52. The van der Waals surface area contributed by atoms with Gasteiger partial charge in [0.2, 0.25) is 6.10 Å². The number of ether oxygens (including phenoxy) is 5. The molecule has 0 aromatic rings. The van der Waals surface area contributed by atoms with E-state index in [1.54, 1.807) is 18.7 Å². The second kappa shape index (κ2) is 10.0. The molecule has 3 fully saturated rings. The number of nitrogens with zero attached hydrogens (tertiary/aromatic N) is 2. The van der Waals surface area contributed by atoms with Gasteiger partial charge in [-0.15, -0.1) is 0 Å². The van der Waals surface area contributed by atoms with E-state index < -0.39 is 46.8 Å². The minimum absolute atomic E-state index is 0.112. The van der Waals surface area contributed by atoms with E-state index in [0.29, 0.717) is 19.6 Å². The predicted molar refractivity (Wildman–Crippen MR) is 131 cm³/mol. The number of hydrogen-bond acceptors (Lipinski definition) is 8. The Hall–Kier alpha value is -2.07. The first-order valence-corrected chi connectivity index (χ1v) is 12.9. The Morgan fingerprint density at radius 2 is 1.33 bits per heavy atom. The fraction of sp³-hybridized carbons (Fsp3) is 0.885. The normalized spacial score (nSPS) is 28.9. The number of carbonyl (C=O) groups is 3. The number of amides is 2. The van der Waals surface area contributed by atoms with Gasteiger partial charge in [0, 0.05) is 11.8 Å². The molecule has 10 nitrogen and oxygen atoms in total. The smallest absolute Gasteiger partial charge is 0.413 e. The van der Waals surface area contributed by atoms with Gasteiger partial charge < -0.3 is 23.7 Å². The third-order valence-electron chi connectivity index (χ3n) is 7.65. The van der Waals surface area contributed by atoms with Crippen molar-refractivity contribution in [1.29, 1.82) is 0 Å². The van der Waals surface area contributed by atoms with Crippen molar-refractivity contribution in [3.63, 3.8) is 0 Å². The predicted octanol–water partition coefficient (Wildman–Crippen LogP) is 4.30. The molecule has 0 unspecified atom stereocenters. The van der Waals surface area contributed by atoms with E-state index in [1.807, 2.05) is 41.5 Å². The fourth-order valence-electron chi connectivity index (χ4n) is 6.03. The molecule has 0 bridgehead atoms. The van der Waals surface area contributed by atoms with E-state index in [2.05, 4.69) is 0 Å². The molecule has 2 aliphatic heterocycles. The van der Waals surface area contributed by atoms with E-state index in [1.165, 1.54) is 12.0 Å². The Labute approximate surface area is 214 Å². The van der Waals surface area contributed by atoms with Crippen LogP contribution in [0.15, 0.2) is 0 Å². The standard InChI is InChI=1S/C26H44N2O8/c1-23(2)15-34-25(5,6)27(23)21(30)33-14-17-12-10-11-13-18(17)19(20(29)32-9)36-22(31)28-24(3,4)16-35-26(28,7)8/h17-19H,10-16H2,1-9H3/t17-,18-,19-/m1/s1. The highest BCUT2D eigenvalue weighted by atomic mass is 16.6. The molecule has 2 amide bonds. The van der Waals surface area contributed by atoms with E-state index in [0.717, 1.165) is 19.3 Å². The second-order valence-corrected chi connectivity index (χ2v) is 12.4. The maximum Gasteiger partial charge on any atom is 0.413 e. The number of rotatable bonds is 5. The van der Waals surface area contributed by atoms with Gasteiger partial charge in [-0.3, -0.25) is 9.80 Å². The number of carbonyl (C=O) groups excluding carboxylic acids is 3. The van der Waals surface area contributed by atoms with Gasteiger partial charge in [-0.25, -0.2) is 14.4 Å². The Morgan fingerprint density at radius 3 is 1.81 bits per heavy atom.